The number of hydrogen-bond donors (Lipinski definition) is 2. The number of benzene rings is 1. The quantitative estimate of drug-likeness (QED) is 0.890. The van der Waals surface area contributed by atoms with E-state index in [0.29, 0.717) is 5.13 Å². The van der Waals surface area contributed by atoms with Crippen molar-refractivity contribution in [3.63, 3.8) is 0 Å². The Labute approximate surface area is 144 Å². The van der Waals surface area contributed by atoms with E-state index in [-0.39, 0.29) is 11.9 Å². The van der Waals surface area contributed by atoms with Gasteiger partial charge in [0.05, 0.1) is 5.69 Å². The molecule has 1 aliphatic rings. The van der Waals surface area contributed by atoms with Crippen molar-refractivity contribution in [3.8, 4) is 11.3 Å². The molecular formula is C17H20N4O2S. The van der Waals surface area contributed by atoms with Crippen LogP contribution < -0.4 is 10.6 Å². The van der Waals surface area contributed by atoms with Crippen LogP contribution in [-0.2, 0) is 4.79 Å². The van der Waals surface area contributed by atoms with Gasteiger partial charge in [-0.3, -0.25) is 10.1 Å². The maximum Gasteiger partial charge on any atom is 0.323 e. The van der Waals surface area contributed by atoms with E-state index >= 15 is 0 Å². The molecule has 0 radical (unpaired) electrons. The van der Waals surface area contributed by atoms with Crippen molar-refractivity contribution >= 4 is 34.1 Å². The van der Waals surface area contributed by atoms with Crippen LogP contribution in [0.5, 0.6) is 0 Å². The first-order valence-corrected chi connectivity index (χ1v) is 8.89. The van der Waals surface area contributed by atoms with Crippen molar-refractivity contribution in [1.82, 2.24) is 9.88 Å². The normalized spacial score (nSPS) is 14.3. The van der Waals surface area contributed by atoms with Crippen LogP contribution in [-0.4, -0.2) is 34.9 Å². The van der Waals surface area contributed by atoms with Crippen LogP contribution in [0.3, 0.4) is 0 Å². The molecule has 0 spiro atoms. The molecule has 1 aromatic carbocycles. The summed E-state index contributed by atoms with van der Waals surface area (Å²) in [5, 5.41) is 8.13. The fourth-order valence-corrected chi connectivity index (χ4v) is 3.37. The van der Waals surface area contributed by atoms with Crippen LogP contribution >= 0.6 is 11.3 Å². The minimum absolute atomic E-state index is 0.0726. The third-order valence-electron chi connectivity index (χ3n) is 3.86. The molecule has 6 nitrogen and oxygen atoms in total. The summed E-state index contributed by atoms with van der Waals surface area (Å²) in [6.45, 7) is 3.11. The number of urea groups is 1. The molecule has 0 aliphatic carbocycles. The number of carbonyl (C=O) groups excluding carboxylic acids is 2. The number of carbonyl (C=O) groups is 2. The number of anilines is 2. The van der Waals surface area contributed by atoms with Gasteiger partial charge < -0.3 is 10.2 Å². The van der Waals surface area contributed by atoms with E-state index in [0.717, 1.165) is 42.9 Å². The lowest BCUT2D eigenvalue weighted by molar-refractivity contribution is -0.114. The highest BCUT2D eigenvalue weighted by Crippen LogP contribution is 2.26. The van der Waals surface area contributed by atoms with E-state index in [1.165, 1.54) is 24.7 Å². The fourth-order valence-electron chi connectivity index (χ4n) is 2.66. The van der Waals surface area contributed by atoms with E-state index in [4.69, 9.17) is 0 Å². The molecule has 0 bridgehead atoms. The predicted molar refractivity (Wildman–Crippen MR) is 96.3 cm³/mol. The maximum atomic E-state index is 12.2. The zero-order valence-electron chi connectivity index (χ0n) is 13.5. The molecule has 1 fully saturated rings. The molecule has 24 heavy (non-hydrogen) atoms. The Morgan fingerprint density at radius 2 is 1.79 bits per heavy atom. The molecule has 2 N–H and O–H groups in total. The second kappa shape index (κ2) is 7.44. The van der Waals surface area contributed by atoms with Crippen LogP contribution in [0.4, 0.5) is 15.6 Å². The van der Waals surface area contributed by atoms with E-state index in [1.807, 2.05) is 34.5 Å². The van der Waals surface area contributed by atoms with Gasteiger partial charge in [0.1, 0.15) is 0 Å². The molecule has 1 aliphatic heterocycles. The highest BCUT2D eigenvalue weighted by molar-refractivity contribution is 7.14. The van der Waals surface area contributed by atoms with E-state index < -0.39 is 0 Å². The smallest absolute Gasteiger partial charge is 0.323 e. The highest BCUT2D eigenvalue weighted by Gasteiger charge is 2.17. The number of aromatic nitrogens is 1. The minimum Gasteiger partial charge on any atom is -0.326 e. The zero-order valence-corrected chi connectivity index (χ0v) is 14.4. The highest BCUT2D eigenvalue weighted by atomic mass is 32.1. The SMILES string of the molecule is CC(=O)Nc1ccc(-c2csc(NC(=O)N3CCCCC3)n2)cc1. The Morgan fingerprint density at radius 3 is 2.46 bits per heavy atom. The monoisotopic (exact) mass is 344 g/mol. The van der Waals surface area contributed by atoms with Gasteiger partial charge in [0.25, 0.3) is 0 Å². The number of piperidine rings is 1. The molecule has 7 heteroatoms. The molecule has 1 saturated heterocycles. The maximum absolute atomic E-state index is 12.2. The molecule has 0 saturated carbocycles. The Hall–Kier alpha value is -2.41. The number of thiazole rings is 1. The first kappa shape index (κ1) is 16.4. The van der Waals surface area contributed by atoms with Gasteiger partial charge in [-0.1, -0.05) is 12.1 Å². The van der Waals surface area contributed by atoms with Gasteiger partial charge in [0.2, 0.25) is 5.91 Å². The molecule has 0 atom stereocenters. The molecule has 2 aromatic rings. The van der Waals surface area contributed by atoms with Crippen LogP contribution in [0.15, 0.2) is 29.6 Å². The summed E-state index contributed by atoms with van der Waals surface area (Å²) >= 11 is 1.41. The van der Waals surface area contributed by atoms with Gasteiger partial charge in [0, 0.05) is 36.6 Å². The molecule has 3 rings (SSSR count). The number of amides is 3. The van der Waals surface area contributed by atoms with Crippen LogP contribution in [0.25, 0.3) is 11.3 Å². The minimum atomic E-state index is -0.0980. The van der Waals surface area contributed by atoms with Crippen LogP contribution in [0.2, 0.25) is 0 Å². The third kappa shape index (κ3) is 4.11. The summed E-state index contributed by atoms with van der Waals surface area (Å²) in [5.41, 5.74) is 2.50. The summed E-state index contributed by atoms with van der Waals surface area (Å²) in [4.78, 5) is 29.6. The lowest BCUT2D eigenvalue weighted by atomic mass is 10.1. The summed E-state index contributed by atoms with van der Waals surface area (Å²) < 4.78 is 0. The summed E-state index contributed by atoms with van der Waals surface area (Å²) in [5.74, 6) is -0.0980. The number of rotatable bonds is 3. The second-order valence-electron chi connectivity index (χ2n) is 5.77. The molecule has 1 aromatic heterocycles. The number of nitrogens with one attached hydrogen (secondary N) is 2. The number of likely N-dealkylation sites (tertiary alicyclic amines) is 1. The summed E-state index contributed by atoms with van der Waals surface area (Å²) in [6, 6.07) is 7.40. The second-order valence-corrected chi connectivity index (χ2v) is 6.63. The van der Waals surface area contributed by atoms with E-state index in [1.54, 1.807) is 0 Å². The molecule has 2 heterocycles. The molecule has 126 valence electrons. The van der Waals surface area contributed by atoms with E-state index in [9.17, 15) is 9.59 Å². The first-order valence-electron chi connectivity index (χ1n) is 8.01. The zero-order chi connectivity index (χ0) is 16.9. The summed E-state index contributed by atoms with van der Waals surface area (Å²) in [6.07, 6.45) is 3.33. The van der Waals surface area contributed by atoms with Gasteiger partial charge in [0.15, 0.2) is 5.13 Å². The molecule has 0 unspecified atom stereocenters. The topological polar surface area (TPSA) is 74.3 Å². The van der Waals surface area contributed by atoms with Crippen molar-refractivity contribution in [1.29, 1.82) is 0 Å². The Morgan fingerprint density at radius 1 is 1.08 bits per heavy atom. The fraction of sp³-hybridized carbons (Fsp3) is 0.353. The van der Waals surface area contributed by atoms with Crippen molar-refractivity contribution in [3.05, 3.63) is 29.6 Å². The molecular weight excluding hydrogens is 324 g/mol. The van der Waals surface area contributed by atoms with Crippen molar-refractivity contribution < 1.29 is 9.59 Å². The van der Waals surface area contributed by atoms with Gasteiger partial charge >= 0.3 is 6.03 Å². The van der Waals surface area contributed by atoms with Gasteiger partial charge in [-0.2, -0.15) is 0 Å². The third-order valence-corrected chi connectivity index (χ3v) is 4.62. The Balaban J connectivity index is 1.64. The average molecular weight is 344 g/mol. The lowest BCUT2D eigenvalue weighted by Crippen LogP contribution is -2.38. The average Bonchev–Trinajstić information content (AvgIpc) is 3.04. The lowest BCUT2D eigenvalue weighted by Gasteiger charge is -2.26. The largest absolute Gasteiger partial charge is 0.326 e. The predicted octanol–water partition coefficient (Wildman–Crippen LogP) is 3.79. The standard InChI is InChI=1S/C17H20N4O2S/c1-12(22)18-14-7-5-13(6-8-14)15-11-24-16(19-15)20-17(23)21-9-3-2-4-10-21/h5-8,11H,2-4,9-10H2,1H3,(H,18,22)(H,19,20,23). The van der Waals surface area contributed by atoms with E-state index in [2.05, 4.69) is 15.6 Å². The van der Waals surface area contributed by atoms with Crippen LogP contribution in [0, 0.1) is 0 Å². The number of hydrogen-bond acceptors (Lipinski definition) is 4. The Kier molecular flexibility index (Phi) is 5.10. The van der Waals surface area contributed by atoms with Gasteiger partial charge in [-0.25, -0.2) is 9.78 Å². The van der Waals surface area contributed by atoms with Gasteiger partial charge in [-0.05, 0) is 31.4 Å². The summed E-state index contributed by atoms with van der Waals surface area (Å²) in [7, 11) is 0. The number of nitrogens with zero attached hydrogens (tertiary/aromatic N) is 2. The van der Waals surface area contributed by atoms with Gasteiger partial charge in [-0.15, -0.1) is 11.3 Å². The van der Waals surface area contributed by atoms with Crippen molar-refractivity contribution in [2.75, 3.05) is 23.7 Å². The Bertz CT molecular complexity index is 720. The molecule has 3 amide bonds. The first-order chi connectivity index (χ1) is 11.6. The van der Waals surface area contributed by atoms with Crippen molar-refractivity contribution in [2.24, 2.45) is 0 Å². The van der Waals surface area contributed by atoms with Crippen LogP contribution in [0.1, 0.15) is 26.2 Å². The van der Waals surface area contributed by atoms with Crippen molar-refractivity contribution in [2.45, 2.75) is 26.2 Å².